The maximum Gasteiger partial charge on any atom is 0.276 e. The van der Waals surface area contributed by atoms with Gasteiger partial charge < -0.3 is 10.5 Å². The van der Waals surface area contributed by atoms with Crippen molar-refractivity contribution in [1.29, 1.82) is 0 Å². The minimum Gasteiger partial charge on any atom is -0.457 e. The van der Waals surface area contributed by atoms with Gasteiger partial charge in [-0.2, -0.15) is 0 Å². The van der Waals surface area contributed by atoms with Crippen molar-refractivity contribution in [2.45, 2.75) is 20.4 Å². The van der Waals surface area contributed by atoms with Crippen molar-refractivity contribution in [2.75, 3.05) is 0 Å². The number of ether oxygens (including phenoxy) is 1. The van der Waals surface area contributed by atoms with Crippen LogP contribution in [0.3, 0.4) is 0 Å². The van der Waals surface area contributed by atoms with Crippen LogP contribution in [0.15, 0.2) is 30.3 Å². The lowest BCUT2D eigenvalue weighted by Gasteiger charge is -2.11. The van der Waals surface area contributed by atoms with E-state index in [4.69, 9.17) is 22.1 Å². The molecular formula is C15H15ClN2O3. The Kier molecular flexibility index (Phi) is 4.45. The Morgan fingerprint density at radius 2 is 1.95 bits per heavy atom. The van der Waals surface area contributed by atoms with Crippen LogP contribution < -0.4 is 10.5 Å². The molecule has 21 heavy (non-hydrogen) atoms. The average Bonchev–Trinajstić information content (AvgIpc) is 2.41. The lowest BCUT2D eigenvalue weighted by Crippen LogP contribution is -1.98. The summed E-state index contributed by atoms with van der Waals surface area (Å²) in [7, 11) is 0. The van der Waals surface area contributed by atoms with Crippen LogP contribution in [-0.2, 0) is 6.54 Å². The Morgan fingerprint density at radius 3 is 2.52 bits per heavy atom. The minimum absolute atomic E-state index is 0.0280. The summed E-state index contributed by atoms with van der Waals surface area (Å²) in [5, 5.41) is 11.5. The van der Waals surface area contributed by atoms with E-state index in [9.17, 15) is 10.1 Å². The second-order valence-corrected chi connectivity index (χ2v) is 5.13. The molecule has 5 nitrogen and oxygen atoms in total. The number of nitrogens with zero attached hydrogens (tertiary/aromatic N) is 1. The van der Waals surface area contributed by atoms with Gasteiger partial charge in [0.05, 0.1) is 11.0 Å². The number of aryl methyl sites for hydroxylation is 2. The van der Waals surface area contributed by atoms with Gasteiger partial charge in [0.25, 0.3) is 5.69 Å². The first kappa shape index (κ1) is 15.3. The maximum absolute atomic E-state index is 11.0. The number of hydrogen-bond acceptors (Lipinski definition) is 4. The zero-order chi connectivity index (χ0) is 15.6. The van der Waals surface area contributed by atoms with Gasteiger partial charge in [-0.1, -0.05) is 17.7 Å². The van der Waals surface area contributed by atoms with Crippen LogP contribution in [0.4, 0.5) is 5.69 Å². The first-order valence-corrected chi connectivity index (χ1v) is 6.72. The molecule has 0 amide bonds. The molecule has 2 aromatic rings. The molecule has 2 aromatic carbocycles. The fourth-order valence-electron chi connectivity index (χ4n) is 2.01. The van der Waals surface area contributed by atoms with Crippen molar-refractivity contribution >= 4 is 17.3 Å². The van der Waals surface area contributed by atoms with Crippen molar-refractivity contribution in [3.63, 3.8) is 0 Å². The highest BCUT2D eigenvalue weighted by molar-refractivity contribution is 6.31. The molecule has 0 atom stereocenters. The summed E-state index contributed by atoms with van der Waals surface area (Å²) >= 11 is 6.07. The first-order valence-electron chi connectivity index (χ1n) is 6.34. The van der Waals surface area contributed by atoms with Crippen molar-refractivity contribution in [3.05, 3.63) is 62.2 Å². The van der Waals surface area contributed by atoms with E-state index >= 15 is 0 Å². The molecule has 2 N–H and O–H groups in total. The Balaban J connectivity index is 2.37. The third-order valence-corrected chi connectivity index (χ3v) is 3.51. The third kappa shape index (κ3) is 3.32. The minimum atomic E-state index is -0.424. The molecule has 0 aromatic heterocycles. The summed E-state index contributed by atoms with van der Waals surface area (Å²) in [6.07, 6.45) is 0. The quantitative estimate of drug-likeness (QED) is 0.681. The van der Waals surface area contributed by atoms with E-state index in [1.54, 1.807) is 31.2 Å². The van der Waals surface area contributed by atoms with Crippen molar-refractivity contribution < 1.29 is 9.66 Å². The summed E-state index contributed by atoms with van der Waals surface area (Å²) in [5.41, 5.74) is 7.81. The number of rotatable bonds is 4. The van der Waals surface area contributed by atoms with E-state index in [0.717, 1.165) is 11.1 Å². The second-order valence-electron chi connectivity index (χ2n) is 4.72. The van der Waals surface area contributed by atoms with Crippen LogP contribution in [0.25, 0.3) is 0 Å². The molecule has 110 valence electrons. The molecule has 0 bridgehead atoms. The van der Waals surface area contributed by atoms with Crippen molar-refractivity contribution in [2.24, 2.45) is 5.73 Å². The van der Waals surface area contributed by atoms with Gasteiger partial charge in [0.15, 0.2) is 0 Å². The van der Waals surface area contributed by atoms with Crippen LogP contribution in [-0.4, -0.2) is 4.92 Å². The number of halogens is 1. The van der Waals surface area contributed by atoms with Crippen LogP contribution in [0, 0.1) is 24.0 Å². The van der Waals surface area contributed by atoms with Gasteiger partial charge >= 0.3 is 0 Å². The van der Waals surface area contributed by atoms with Gasteiger partial charge in [-0.15, -0.1) is 0 Å². The predicted octanol–water partition coefficient (Wildman–Crippen LogP) is 4.12. The van der Waals surface area contributed by atoms with Crippen molar-refractivity contribution in [3.8, 4) is 11.5 Å². The predicted molar refractivity (Wildman–Crippen MR) is 82.0 cm³/mol. The Bertz CT molecular complexity index is 702. The zero-order valence-electron chi connectivity index (χ0n) is 11.7. The summed E-state index contributed by atoms with van der Waals surface area (Å²) in [4.78, 5) is 10.6. The maximum atomic E-state index is 11.0. The highest BCUT2D eigenvalue weighted by Gasteiger charge is 2.15. The van der Waals surface area contributed by atoms with E-state index in [0.29, 0.717) is 28.6 Å². The van der Waals surface area contributed by atoms with E-state index in [1.165, 1.54) is 6.07 Å². The van der Waals surface area contributed by atoms with Crippen LogP contribution in [0.2, 0.25) is 5.02 Å². The number of nitro groups is 1. The van der Waals surface area contributed by atoms with Gasteiger partial charge in [-0.3, -0.25) is 10.1 Å². The SMILES string of the molecule is Cc1cc(C)c([N+](=O)[O-])cc1Oc1ccc(CN)c(Cl)c1. The number of benzene rings is 2. The largest absolute Gasteiger partial charge is 0.457 e. The van der Waals surface area contributed by atoms with Gasteiger partial charge in [0.1, 0.15) is 11.5 Å². The van der Waals surface area contributed by atoms with Crippen molar-refractivity contribution in [1.82, 2.24) is 0 Å². The van der Waals surface area contributed by atoms with Gasteiger partial charge in [0, 0.05) is 17.1 Å². The lowest BCUT2D eigenvalue weighted by molar-refractivity contribution is -0.385. The number of hydrogen-bond donors (Lipinski definition) is 1. The normalized spacial score (nSPS) is 10.5. The molecule has 0 aliphatic rings. The molecule has 0 radical (unpaired) electrons. The Morgan fingerprint density at radius 1 is 1.24 bits per heavy atom. The van der Waals surface area contributed by atoms with Crippen LogP contribution in [0.1, 0.15) is 16.7 Å². The summed E-state index contributed by atoms with van der Waals surface area (Å²) in [6, 6.07) is 8.31. The highest BCUT2D eigenvalue weighted by Crippen LogP contribution is 2.33. The summed E-state index contributed by atoms with van der Waals surface area (Å²) in [5.74, 6) is 0.947. The summed E-state index contributed by atoms with van der Waals surface area (Å²) in [6.45, 7) is 3.87. The van der Waals surface area contributed by atoms with Crippen LogP contribution in [0.5, 0.6) is 11.5 Å². The monoisotopic (exact) mass is 306 g/mol. The number of nitrogens with two attached hydrogens (primary N) is 1. The molecule has 0 aliphatic heterocycles. The first-order chi connectivity index (χ1) is 9.92. The Hall–Kier alpha value is -2.11. The van der Waals surface area contributed by atoms with Gasteiger partial charge in [-0.25, -0.2) is 0 Å². The van der Waals surface area contributed by atoms with Gasteiger partial charge in [0.2, 0.25) is 0 Å². The molecule has 0 spiro atoms. The molecule has 0 aliphatic carbocycles. The fraction of sp³-hybridized carbons (Fsp3) is 0.200. The topological polar surface area (TPSA) is 78.4 Å². The second kappa shape index (κ2) is 6.11. The molecule has 0 saturated heterocycles. The standard InChI is InChI=1S/C15H15ClN2O3/c1-9-5-10(2)15(7-14(9)18(19)20)21-12-4-3-11(8-17)13(16)6-12/h3-7H,8,17H2,1-2H3. The molecule has 0 heterocycles. The molecule has 0 fully saturated rings. The van der Waals surface area contributed by atoms with Crippen LogP contribution >= 0.6 is 11.6 Å². The van der Waals surface area contributed by atoms with E-state index in [-0.39, 0.29) is 5.69 Å². The Labute approximate surface area is 127 Å². The highest BCUT2D eigenvalue weighted by atomic mass is 35.5. The van der Waals surface area contributed by atoms with E-state index in [2.05, 4.69) is 0 Å². The molecule has 2 rings (SSSR count). The molecule has 6 heteroatoms. The fourth-order valence-corrected chi connectivity index (χ4v) is 2.26. The van der Waals surface area contributed by atoms with E-state index in [1.807, 2.05) is 6.92 Å². The molecular weight excluding hydrogens is 292 g/mol. The number of nitro benzene ring substituents is 1. The third-order valence-electron chi connectivity index (χ3n) is 3.16. The molecule has 0 unspecified atom stereocenters. The smallest absolute Gasteiger partial charge is 0.276 e. The summed E-state index contributed by atoms with van der Waals surface area (Å²) < 4.78 is 5.71. The average molecular weight is 307 g/mol. The lowest BCUT2D eigenvalue weighted by atomic mass is 10.1. The van der Waals surface area contributed by atoms with E-state index < -0.39 is 4.92 Å². The zero-order valence-corrected chi connectivity index (χ0v) is 12.5. The van der Waals surface area contributed by atoms with Gasteiger partial charge in [-0.05, 0) is 43.2 Å². The molecule has 0 saturated carbocycles.